The molecule has 0 bridgehead atoms. The van der Waals surface area contributed by atoms with E-state index in [1.54, 1.807) is 6.07 Å². The summed E-state index contributed by atoms with van der Waals surface area (Å²) in [4.78, 5) is 14.5. The van der Waals surface area contributed by atoms with Crippen molar-refractivity contribution in [3.8, 4) is 0 Å². The van der Waals surface area contributed by atoms with E-state index in [9.17, 15) is 4.79 Å². The molecular formula is C15H21BrN2O. The number of likely N-dealkylation sites (tertiary alicyclic amines) is 1. The molecule has 1 aliphatic rings. The number of halogens is 1. The number of amides is 1. The Morgan fingerprint density at radius 1 is 1.32 bits per heavy atom. The molecule has 0 atom stereocenters. The molecule has 104 valence electrons. The topological polar surface area (TPSA) is 46.3 Å². The van der Waals surface area contributed by atoms with Crippen molar-refractivity contribution in [2.45, 2.75) is 33.1 Å². The first-order valence-corrected chi connectivity index (χ1v) is 7.53. The number of nitrogens with two attached hydrogens (primary N) is 1. The molecular weight excluding hydrogens is 304 g/mol. The minimum Gasteiger partial charge on any atom is -0.398 e. The summed E-state index contributed by atoms with van der Waals surface area (Å²) >= 11 is 3.42. The molecule has 4 heteroatoms. The molecule has 1 saturated heterocycles. The summed E-state index contributed by atoms with van der Waals surface area (Å²) in [5.41, 5.74) is 7.46. The first-order valence-electron chi connectivity index (χ1n) is 6.74. The van der Waals surface area contributed by atoms with Crippen LogP contribution in [0.25, 0.3) is 0 Å². The quantitative estimate of drug-likeness (QED) is 0.801. The molecule has 0 aromatic heterocycles. The lowest BCUT2D eigenvalue weighted by Gasteiger charge is -2.24. The number of nitrogens with zero attached hydrogens (tertiary/aromatic N) is 1. The maximum atomic E-state index is 12.6. The molecule has 1 heterocycles. The van der Waals surface area contributed by atoms with E-state index >= 15 is 0 Å². The monoisotopic (exact) mass is 324 g/mol. The summed E-state index contributed by atoms with van der Waals surface area (Å²) in [6.45, 7) is 6.21. The van der Waals surface area contributed by atoms with E-state index in [-0.39, 0.29) is 5.91 Å². The van der Waals surface area contributed by atoms with Crippen LogP contribution in [0.5, 0.6) is 0 Å². The molecule has 3 nitrogen and oxygen atoms in total. The van der Waals surface area contributed by atoms with Crippen molar-refractivity contribution in [2.75, 3.05) is 18.8 Å². The van der Waals surface area contributed by atoms with E-state index in [0.29, 0.717) is 21.1 Å². The van der Waals surface area contributed by atoms with Gasteiger partial charge in [0, 0.05) is 18.8 Å². The highest BCUT2D eigenvalue weighted by atomic mass is 79.9. The Morgan fingerprint density at radius 3 is 2.79 bits per heavy atom. The molecule has 0 radical (unpaired) electrons. The van der Waals surface area contributed by atoms with Crippen molar-refractivity contribution in [3.63, 3.8) is 0 Å². The van der Waals surface area contributed by atoms with Crippen molar-refractivity contribution in [3.05, 3.63) is 28.2 Å². The third-order valence-electron chi connectivity index (χ3n) is 3.89. The second kappa shape index (κ2) is 5.53. The van der Waals surface area contributed by atoms with E-state index in [1.807, 2.05) is 17.0 Å². The van der Waals surface area contributed by atoms with Crippen LogP contribution in [0.2, 0.25) is 0 Å². The normalized spacial score (nSPS) is 19.0. The molecule has 1 aliphatic heterocycles. The zero-order valence-electron chi connectivity index (χ0n) is 11.6. The number of nitrogen functional groups attached to an aromatic ring is 1. The molecule has 1 fully saturated rings. The standard InChI is InChI=1S/C15H21BrN2O/c1-15(2)7-4-9-18(10-8-15)14(19)11-5-3-6-12(17)13(11)16/h3,5-6H,4,7-10,17H2,1-2H3. The summed E-state index contributed by atoms with van der Waals surface area (Å²) in [6, 6.07) is 5.46. The molecule has 0 aliphatic carbocycles. The maximum absolute atomic E-state index is 12.6. The third-order valence-corrected chi connectivity index (χ3v) is 4.77. The average Bonchev–Trinajstić information content (AvgIpc) is 2.53. The van der Waals surface area contributed by atoms with Gasteiger partial charge >= 0.3 is 0 Å². The third kappa shape index (κ3) is 3.30. The lowest BCUT2D eigenvalue weighted by molar-refractivity contribution is 0.0756. The van der Waals surface area contributed by atoms with Crippen molar-refractivity contribution in [1.82, 2.24) is 4.90 Å². The molecule has 1 amide bonds. The van der Waals surface area contributed by atoms with Gasteiger partial charge in [-0.1, -0.05) is 19.9 Å². The van der Waals surface area contributed by atoms with Gasteiger partial charge in [-0.3, -0.25) is 4.79 Å². The van der Waals surface area contributed by atoms with Crippen molar-refractivity contribution in [1.29, 1.82) is 0 Å². The van der Waals surface area contributed by atoms with Crippen LogP contribution >= 0.6 is 15.9 Å². The summed E-state index contributed by atoms with van der Waals surface area (Å²) in [5, 5.41) is 0. The highest BCUT2D eigenvalue weighted by Gasteiger charge is 2.26. The Kier molecular flexibility index (Phi) is 4.19. The Hall–Kier alpha value is -1.03. The molecule has 19 heavy (non-hydrogen) atoms. The van der Waals surface area contributed by atoms with Crippen molar-refractivity contribution < 1.29 is 4.79 Å². The largest absolute Gasteiger partial charge is 0.398 e. The van der Waals surface area contributed by atoms with Crippen LogP contribution in [0.4, 0.5) is 5.69 Å². The van der Waals surface area contributed by atoms with Crippen LogP contribution in [0.1, 0.15) is 43.5 Å². The number of anilines is 1. The minimum atomic E-state index is 0.0804. The van der Waals surface area contributed by atoms with Gasteiger partial charge in [0.05, 0.1) is 10.0 Å². The van der Waals surface area contributed by atoms with E-state index in [2.05, 4.69) is 29.8 Å². The maximum Gasteiger partial charge on any atom is 0.255 e. The van der Waals surface area contributed by atoms with E-state index < -0.39 is 0 Å². The number of rotatable bonds is 1. The number of hydrogen-bond donors (Lipinski definition) is 1. The van der Waals surface area contributed by atoms with Gasteiger partial charge in [-0.2, -0.15) is 0 Å². The molecule has 1 aromatic rings. The van der Waals surface area contributed by atoms with Gasteiger partial charge in [0.1, 0.15) is 0 Å². The zero-order valence-corrected chi connectivity index (χ0v) is 13.2. The highest BCUT2D eigenvalue weighted by Crippen LogP contribution is 2.31. The molecule has 1 aromatic carbocycles. The van der Waals surface area contributed by atoms with Gasteiger partial charge in [-0.15, -0.1) is 0 Å². The smallest absolute Gasteiger partial charge is 0.255 e. The fourth-order valence-corrected chi connectivity index (χ4v) is 2.95. The van der Waals surface area contributed by atoms with Crippen LogP contribution in [0.15, 0.2) is 22.7 Å². The predicted octanol–water partition coefficient (Wildman–Crippen LogP) is 3.68. The fourth-order valence-electron chi connectivity index (χ4n) is 2.51. The second-order valence-corrected chi connectivity index (χ2v) is 6.81. The number of hydrogen-bond acceptors (Lipinski definition) is 2. The van der Waals surface area contributed by atoms with Crippen molar-refractivity contribution >= 4 is 27.5 Å². The summed E-state index contributed by atoms with van der Waals surface area (Å²) < 4.78 is 0.712. The van der Waals surface area contributed by atoms with E-state index in [1.165, 1.54) is 6.42 Å². The Labute approximate surface area is 123 Å². The molecule has 2 rings (SSSR count). The SMILES string of the molecule is CC1(C)CCCN(C(=O)c2cccc(N)c2Br)CC1. The predicted molar refractivity (Wildman–Crippen MR) is 82.1 cm³/mol. The zero-order chi connectivity index (χ0) is 14.0. The average molecular weight is 325 g/mol. The van der Waals surface area contributed by atoms with Gasteiger partial charge in [-0.05, 0) is 52.7 Å². The van der Waals surface area contributed by atoms with Crippen LogP contribution in [0.3, 0.4) is 0 Å². The summed E-state index contributed by atoms with van der Waals surface area (Å²) in [7, 11) is 0. The fraction of sp³-hybridized carbons (Fsp3) is 0.533. The number of carbonyl (C=O) groups is 1. The Morgan fingerprint density at radius 2 is 2.05 bits per heavy atom. The minimum absolute atomic E-state index is 0.0804. The second-order valence-electron chi connectivity index (χ2n) is 6.02. The Bertz CT molecular complexity index is 485. The van der Waals surface area contributed by atoms with E-state index in [4.69, 9.17) is 5.73 Å². The molecule has 0 saturated carbocycles. The van der Waals surface area contributed by atoms with Gasteiger partial charge in [-0.25, -0.2) is 0 Å². The van der Waals surface area contributed by atoms with Gasteiger partial charge in [0.15, 0.2) is 0 Å². The Balaban J connectivity index is 2.18. The van der Waals surface area contributed by atoms with Gasteiger partial charge < -0.3 is 10.6 Å². The molecule has 2 N–H and O–H groups in total. The first-order chi connectivity index (χ1) is 8.91. The van der Waals surface area contributed by atoms with Crippen LogP contribution in [-0.2, 0) is 0 Å². The van der Waals surface area contributed by atoms with Crippen molar-refractivity contribution in [2.24, 2.45) is 5.41 Å². The van der Waals surface area contributed by atoms with Crippen LogP contribution in [-0.4, -0.2) is 23.9 Å². The summed E-state index contributed by atoms with van der Waals surface area (Å²) in [6.07, 6.45) is 3.30. The molecule has 0 spiro atoms. The first kappa shape index (κ1) is 14.4. The van der Waals surface area contributed by atoms with Crippen LogP contribution < -0.4 is 5.73 Å². The summed E-state index contributed by atoms with van der Waals surface area (Å²) in [5.74, 6) is 0.0804. The highest BCUT2D eigenvalue weighted by molar-refractivity contribution is 9.10. The van der Waals surface area contributed by atoms with E-state index in [0.717, 1.165) is 25.9 Å². The number of carbonyl (C=O) groups excluding carboxylic acids is 1. The number of benzene rings is 1. The molecule has 0 unspecified atom stereocenters. The van der Waals surface area contributed by atoms with Gasteiger partial charge in [0.25, 0.3) is 5.91 Å². The van der Waals surface area contributed by atoms with Gasteiger partial charge in [0.2, 0.25) is 0 Å². The lowest BCUT2D eigenvalue weighted by atomic mass is 9.85. The lowest BCUT2D eigenvalue weighted by Crippen LogP contribution is -2.32. The van der Waals surface area contributed by atoms with Crippen LogP contribution in [0, 0.1) is 5.41 Å².